The van der Waals surface area contributed by atoms with E-state index in [-0.39, 0.29) is 16.8 Å². The summed E-state index contributed by atoms with van der Waals surface area (Å²) in [7, 11) is 1.53. The minimum atomic E-state index is -1.04. The summed E-state index contributed by atoms with van der Waals surface area (Å²) in [5.41, 5.74) is 2.34. The van der Waals surface area contributed by atoms with Gasteiger partial charge in [0.05, 0.1) is 29.3 Å². The number of benzene rings is 1. The van der Waals surface area contributed by atoms with E-state index in [1.807, 2.05) is 31.4 Å². The molecule has 0 aliphatic carbocycles. The molecule has 2 N–H and O–H groups in total. The molecule has 8 nitrogen and oxygen atoms in total. The lowest BCUT2D eigenvalue weighted by atomic mass is 10.2. The van der Waals surface area contributed by atoms with Crippen molar-refractivity contribution in [3.63, 3.8) is 0 Å². The van der Waals surface area contributed by atoms with Crippen LogP contribution in [0.2, 0.25) is 0 Å². The molecule has 178 valence electrons. The normalized spacial score (nSPS) is 11.2. The molecule has 34 heavy (non-hydrogen) atoms. The number of nitrogens with zero attached hydrogens (tertiary/aromatic N) is 3. The number of halogens is 1. The minimum absolute atomic E-state index is 0.134. The van der Waals surface area contributed by atoms with Gasteiger partial charge in [0, 0.05) is 42.4 Å². The first kappa shape index (κ1) is 23.5. The van der Waals surface area contributed by atoms with Crippen molar-refractivity contribution in [2.45, 2.75) is 33.4 Å². The minimum Gasteiger partial charge on any atom is -0.496 e. The van der Waals surface area contributed by atoms with Gasteiger partial charge in [-0.1, -0.05) is 0 Å². The van der Waals surface area contributed by atoms with Gasteiger partial charge in [-0.3, -0.25) is 0 Å². The van der Waals surface area contributed by atoms with Gasteiger partial charge >= 0.3 is 5.97 Å². The van der Waals surface area contributed by atoms with Crippen molar-refractivity contribution >= 4 is 34.0 Å². The number of ether oxygens (including phenoxy) is 2. The Balaban J connectivity index is 1.52. The standard InChI is InChI=1S/C24H25FN4O4S/c1-13(2)33-20-11-21(34-23(20)24(30)31)17-10-22(28-12-27-17)26-5-6-29-14(3)7-16-18(29)8-15(25)9-19(16)32-4/h7-13H,5-6H2,1-4H3,(H,30,31)(H,26,27,28). The monoisotopic (exact) mass is 484 g/mol. The van der Waals surface area contributed by atoms with Crippen LogP contribution in [-0.4, -0.2) is 45.4 Å². The molecule has 0 saturated heterocycles. The van der Waals surface area contributed by atoms with Gasteiger partial charge in [0.15, 0.2) is 4.88 Å². The van der Waals surface area contributed by atoms with Crippen LogP contribution in [0.1, 0.15) is 29.2 Å². The predicted octanol–water partition coefficient (Wildman–Crippen LogP) is 5.21. The van der Waals surface area contributed by atoms with E-state index in [1.54, 1.807) is 12.1 Å². The number of carboxylic acids is 1. The van der Waals surface area contributed by atoms with E-state index in [9.17, 15) is 14.3 Å². The largest absolute Gasteiger partial charge is 0.496 e. The van der Waals surface area contributed by atoms with Crippen molar-refractivity contribution in [1.82, 2.24) is 14.5 Å². The summed E-state index contributed by atoms with van der Waals surface area (Å²) >= 11 is 1.11. The van der Waals surface area contributed by atoms with Crippen LogP contribution in [0, 0.1) is 12.7 Å². The molecule has 1 aromatic carbocycles. The molecule has 0 atom stereocenters. The predicted molar refractivity (Wildman–Crippen MR) is 130 cm³/mol. The Labute approximate surface area is 200 Å². The Hall–Kier alpha value is -3.66. The quantitative estimate of drug-likeness (QED) is 0.336. The van der Waals surface area contributed by atoms with Gasteiger partial charge in [-0.15, -0.1) is 11.3 Å². The third kappa shape index (κ3) is 4.81. The van der Waals surface area contributed by atoms with Crippen molar-refractivity contribution < 1.29 is 23.8 Å². The molecule has 0 saturated carbocycles. The van der Waals surface area contributed by atoms with Gasteiger partial charge in [0.2, 0.25) is 0 Å². The van der Waals surface area contributed by atoms with Gasteiger partial charge in [-0.2, -0.15) is 0 Å². The second kappa shape index (κ2) is 9.68. The number of methoxy groups -OCH3 is 1. The van der Waals surface area contributed by atoms with E-state index in [1.165, 1.54) is 25.6 Å². The molecule has 0 radical (unpaired) electrons. The molecule has 3 heterocycles. The summed E-state index contributed by atoms with van der Waals surface area (Å²) in [5.74, 6) is 0.0340. The second-order valence-corrected chi connectivity index (χ2v) is 9.02. The zero-order valence-electron chi connectivity index (χ0n) is 19.3. The first-order chi connectivity index (χ1) is 16.3. The van der Waals surface area contributed by atoms with E-state index < -0.39 is 5.97 Å². The number of nitrogens with one attached hydrogen (secondary N) is 1. The maximum atomic E-state index is 14.0. The van der Waals surface area contributed by atoms with Gasteiger partial charge in [-0.05, 0) is 32.9 Å². The van der Waals surface area contributed by atoms with Crippen molar-refractivity contribution in [2.24, 2.45) is 0 Å². The van der Waals surface area contributed by atoms with Crippen molar-refractivity contribution in [2.75, 3.05) is 19.0 Å². The zero-order chi connectivity index (χ0) is 24.4. The fourth-order valence-corrected chi connectivity index (χ4v) is 4.66. The molecule has 3 aromatic heterocycles. The summed E-state index contributed by atoms with van der Waals surface area (Å²) in [4.78, 5) is 21.0. The lowest BCUT2D eigenvalue weighted by Crippen LogP contribution is -2.12. The van der Waals surface area contributed by atoms with E-state index >= 15 is 0 Å². The molecule has 0 spiro atoms. The molecular weight excluding hydrogens is 459 g/mol. The highest BCUT2D eigenvalue weighted by Gasteiger charge is 2.19. The van der Waals surface area contributed by atoms with Crippen LogP contribution >= 0.6 is 11.3 Å². The fraction of sp³-hybridized carbons (Fsp3) is 0.292. The number of hydrogen-bond donors (Lipinski definition) is 2. The van der Waals surface area contributed by atoms with E-state index in [0.717, 1.165) is 27.9 Å². The second-order valence-electron chi connectivity index (χ2n) is 7.97. The topological polar surface area (TPSA) is 98.5 Å². The van der Waals surface area contributed by atoms with Crippen LogP contribution in [0.25, 0.3) is 21.5 Å². The number of carbonyl (C=O) groups is 1. The molecule has 4 rings (SSSR count). The van der Waals surface area contributed by atoms with Crippen LogP contribution in [-0.2, 0) is 6.54 Å². The van der Waals surface area contributed by atoms with Gasteiger partial charge < -0.3 is 24.5 Å². The molecule has 0 aliphatic rings. The number of aryl methyl sites for hydroxylation is 1. The highest BCUT2D eigenvalue weighted by atomic mass is 32.1. The number of thiophene rings is 1. The number of aromatic carboxylic acids is 1. The third-order valence-corrected chi connectivity index (χ3v) is 6.32. The zero-order valence-corrected chi connectivity index (χ0v) is 20.1. The summed E-state index contributed by atoms with van der Waals surface area (Å²) in [6, 6.07) is 8.31. The Bertz CT molecular complexity index is 1350. The van der Waals surface area contributed by atoms with Gasteiger partial charge in [0.1, 0.15) is 29.5 Å². The first-order valence-corrected chi connectivity index (χ1v) is 11.5. The van der Waals surface area contributed by atoms with Crippen LogP contribution in [0.5, 0.6) is 11.5 Å². The number of anilines is 1. The Morgan fingerprint density at radius 2 is 2.00 bits per heavy atom. The van der Waals surface area contributed by atoms with Crippen LogP contribution in [0.15, 0.2) is 36.7 Å². The SMILES string of the molecule is COc1cc(F)cc2c1cc(C)n2CCNc1cc(-c2cc(OC(C)C)c(C(=O)O)s2)ncn1. The average molecular weight is 485 g/mol. The molecule has 0 bridgehead atoms. The fourth-order valence-electron chi connectivity index (χ4n) is 3.77. The number of rotatable bonds is 9. The molecule has 0 amide bonds. The van der Waals surface area contributed by atoms with E-state index in [2.05, 4.69) is 15.3 Å². The Morgan fingerprint density at radius 3 is 2.71 bits per heavy atom. The van der Waals surface area contributed by atoms with Crippen LogP contribution in [0.3, 0.4) is 0 Å². The van der Waals surface area contributed by atoms with Crippen molar-refractivity contribution in [1.29, 1.82) is 0 Å². The third-order valence-electron chi connectivity index (χ3n) is 5.19. The van der Waals surface area contributed by atoms with Crippen molar-refractivity contribution in [3.05, 3.63) is 53.0 Å². The summed E-state index contributed by atoms with van der Waals surface area (Å²) in [5, 5.41) is 13.6. The molecule has 0 aliphatic heterocycles. The summed E-state index contributed by atoms with van der Waals surface area (Å²) in [6.07, 6.45) is 1.28. The maximum absolute atomic E-state index is 14.0. The highest BCUT2D eigenvalue weighted by molar-refractivity contribution is 7.17. The lowest BCUT2D eigenvalue weighted by Gasteiger charge is -2.11. The first-order valence-electron chi connectivity index (χ1n) is 10.7. The lowest BCUT2D eigenvalue weighted by molar-refractivity contribution is 0.0696. The van der Waals surface area contributed by atoms with E-state index in [4.69, 9.17) is 9.47 Å². The molecule has 4 aromatic rings. The number of hydrogen-bond acceptors (Lipinski definition) is 7. The van der Waals surface area contributed by atoms with E-state index in [0.29, 0.717) is 41.0 Å². The Morgan fingerprint density at radius 1 is 1.21 bits per heavy atom. The molecule has 0 fully saturated rings. The van der Waals surface area contributed by atoms with Crippen LogP contribution in [0.4, 0.5) is 10.2 Å². The van der Waals surface area contributed by atoms with Crippen LogP contribution < -0.4 is 14.8 Å². The highest BCUT2D eigenvalue weighted by Crippen LogP contribution is 2.36. The number of fused-ring (bicyclic) bond motifs is 1. The van der Waals surface area contributed by atoms with Crippen molar-refractivity contribution in [3.8, 4) is 22.1 Å². The van der Waals surface area contributed by atoms with Gasteiger partial charge in [-0.25, -0.2) is 19.2 Å². The maximum Gasteiger partial charge on any atom is 0.349 e. The molecular formula is C24H25FN4O4S. The van der Waals surface area contributed by atoms with Gasteiger partial charge in [0.25, 0.3) is 0 Å². The summed E-state index contributed by atoms with van der Waals surface area (Å²) < 4.78 is 27.0. The number of carboxylic acid groups (broad SMARTS) is 1. The molecule has 0 unspecified atom stereocenters. The average Bonchev–Trinajstić information content (AvgIpc) is 3.34. The summed E-state index contributed by atoms with van der Waals surface area (Å²) in [6.45, 7) is 6.77. The molecule has 10 heteroatoms. The smallest absolute Gasteiger partial charge is 0.349 e. The Kier molecular flexibility index (Phi) is 6.69. The number of aromatic nitrogens is 3.